The zero-order valence-electron chi connectivity index (χ0n) is 13.2. The molecule has 130 valence electrons. The molecule has 8 nitrogen and oxygen atoms in total. The van der Waals surface area contributed by atoms with E-state index in [4.69, 9.17) is 9.47 Å². The summed E-state index contributed by atoms with van der Waals surface area (Å²) in [6.45, 7) is -0.166. The lowest BCUT2D eigenvalue weighted by Crippen LogP contribution is -2.66. The van der Waals surface area contributed by atoms with Crippen LogP contribution in [0.25, 0.3) is 0 Å². The predicted octanol–water partition coefficient (Wildman–Crippen LogP) is 0.820. The normalized spacial score (nSPS) is 19.7. The molecule has 1 saturated heterocycles. The van der Waals surface area contributed by atoms with Gasteiger partial charge in [-0.15, -0.1) is 0 Å². The highest BCUT2D eigenvalue weighted by molar-refractivity contribution is 6.09. The SMILES string of the molecule is COCO[C@H]1CCC(C(=O)O)(C(=O)O)N(C(=O)c2ccccc2)C1. The van der Waals surface area contributed by atoms with Crippen LogP contribution < -0.4 is 0 Å². The third-order valence-corrected chi connectivity index (χ3v) is 4.07. The highest BCUT2D eigenvalue weighted by Crippen LogP contribution is 2.32. The van der Waals surface area contributed by atoms with Gasteiger partial charge in [0.05, 0.1) is 6.10 Å². The van der Waals surface area contributed by atoms with E-state index in [1.165, 1.54) is 19.2 Å². The zero-order valence-corrected chi connectivity index (χ0v) is 13.2. The maximum atomic E-state index is 12.8. The van der Waals surface area contributed by atoms with Crippen molar-refractivity contribution >= 4 is 17.8 Å². The number of benzene rings is 1. The highest BCUT2D eigenvalue weighted by Gasteiger charge is 2.56. The topological polar surface area (TPSA) is 113 Å². The molecule has 24 heavy (non-hydrogen) atoms. The number of piperidine rings is 1. The minimum Gasteiger partial charge on any atom is -0.479 e. The summed E-state index contributed by atoms with van der Waals surface area (Å²) in [5.41, 5.74) is -2.09. The standard InChI is InChI=1S/C16H19NO7/c1-23-10-24-12-7-8-16(14(19)20,15(21)22)17(9-12)13(18)11-5-3-2-4-6-11/h2-6,12H,7-10H2,1H3,(H,19,20)(H,21,22)/t12-/m0/s1. The van der Waals surface area contributed by atoms with Crippen LogP contribution in [0.15, 0.2) is 30.3 Å². The second-order valence-electron chi connectivity index (χ2n) is 5.49. The van der Waals surface area contributed by atoms with E-state index in [0.717, 1.165) is 4.90 Å². The molecule has 0 saturated carbocycles. The third-order valence-electron chi connectivity index (χ3n) is 4.07. The van der Waals surface area contributed by atoms with Gasteiger partial charge in [-0.2, -0.15) is 0 Å². The number of methoxy groups -OCH3 is 1. The van der Waals surface area contributed by atoms with Crippen molar-refractivity contribution in [2.45, 2.75) is 24.5 Å². The van der Waals surface area contributed by atoms with E-state index >= 15 is 0 Å². The summed E-state index contributed by atoms with van der Waals surface area (Å²) in [5.74, 6) is -3.79. The van der Waals surface area contributed by atoms with Gasteiger partial charge in [0.15, 0.2) is 0 Å². The van der Waals surface area contributed by atoms with Crippen LogP contribution in [0, 0.1) is 0 Å². The van der Waals surface area contributed by atoms with Crippen molar-refractivity contribution in [3.05, 3.63) is 35.9 Å². The first-order chi connectivity index (χ1) is 11.4. The Morgan fingerprint density at radius 1 is 1.21 bits per heavy atom. The second-order valence-corrected chi connectivity index (χ2v) is 5.49. The van der Waals surface area contributed by atoms with Gasteiger partial charge in [-0.3, -0.25) is 4.79 Å². The Kier molecular flexibility index (Phi) is 5.53. The number of amides is 1. The second kappa shape index (κ2) is 7.41. The number of rotatable bonds is 6. The molecule has 1 atom stereocenters. The number of ether oxygens (including phenoxy) is 2. The Morgan fingerprint density at radius 3 is 2.38 bits per heavy atom. The van der Waals surface area contributed by atoms with Gasteiger partial charge < -0.3 is 24.6 Å². The van der Waals surface area contributed by atoms with Gasteiger partial charge in [-0.25, -0.2) is 9.59 Å². The molecule has 8 heteroatoms. The fourth-order valence-electron chi connectivity index (χ4n) is 2.78. The minimum atomic E-state index is -2.31. The van der Waals surface area contributed by atoms with Gasteiger partial charge in [0.2, 0.25) is 5.54 Å². The van der Waals surface area contributed by atoms with Crippen LogP contribution in [0.2, 0.25) is 0 Å². The fourth-order valence-corrected chi connectivity index (χ4v) is 2.78. The van der Waals surface area contributed by atoms with Crippen molar-refractivity contribution in [2.75, 3.05) is 20.4 Å². The molecule has 1 fully saturated rings. The lowest BCUT2D eigenvalue weighted by molar-refractivity contribution is -0.174. The van der Waals surface area contributed by atoms with Crippen LogP contribution in [0.3, 0.4) is 0 Å². The average Bonchev–Trinajstić information content (AvgIpc) is 2.59. The first kappa shape index (κ1) is 17.9. The zero-order chi connectivity index (χ0) is 17.7. The molecule has 0 unspecified atom stereocenters. The highest BCUT2D eigenvalue weighted by atomic mass is 16.7. The van der Waals surface area contributed by atoms with Crippen molar-refractivity contribution in [3.8, 4) is 0 Å². The number of carboxylic acid groups (broad SMARTS) is 2. The number of carbonyl (C=O) groups excluding carboxylic acids is 1. The Balaban J connectivity index is 2.38. The van der Waals surface area contributed by atoms with Gasteiger partial charge in [0.1, 0.15) is 6.79 Å². The molecule has 0 aliphatic carbocycles. The summed E-state index contributed by atoms with van der Waals surface area (Å²) in [4.78, 5) is 37.1. The number of carbonyl (C=O) groups is 3. The predicted molar refractivity (Wildman–Crippen MR) is 81.5 cm³/mol. The van der Waals surface area contributed by atoms with Crippen molar-refractivity contribution in [2.24, 2.45) is 0 Å². The molecule has 0 aromatic heterocycles. The van der Waals surface area contributed by atoms with Crippen LogP contribution in [0.1, 0.15) is 23.2 Å². The van der Waals surface area contributed by atoms with Crippen LogP contribution in [0.4, 0.5) is 0 Å². The molecule has 1 aromatic rings. The van der Waals surface area contributed by atoms with Crippen molar-refractivity contribution in [1.82, 2.24) is 4.90 Å². The van der Waals surface area contributed by atoms with Crippen molar-refractivity contribution < 1.29 is 34.1 Å². The number of likely N-dealkylation sites (tertiary alicyclic amines) is 1. The number of hydrogen-bond donors (Lipinski definition) is 2. The molecule has 1 heterocycles. The van der Waals surface area contributed by atoms with Gasteiger partial charge in [0.25, 0.3) is 5.91 Å². The maximum Gasteiger partial charge on any atom is 0.341 e. The summed E-state index contributed by atoms with van der Waals surface area (Å²) in [6.07, 6.45) is -0.546. The van der Waals surface area contributed by atoms with E-state index in [9.17, 15) is 24.6 Å². The maximum absolute atomic E-state index is 12.8. The molecule has 0 radical (unpaired) electrons. The van der Waals surface area contributed by atoms with Gasteiger partial charge in [0, 0.05) is 19.2 Å². The van der Waals surface area contributed by atoms with E-state index in [0.29, 0.717) is 0 Å². The van der Waals surface area contributed by atoms with Gasteiger partial charge in [-0.05, 0) is 25.0 Å². The smallest absolute Gasteiger partial charge is 0.341 e. The molecule has 0 spiro atoms. The summed E-state index contributed by atoms with van der Waals surface area (Å²) >= 11 is 0. The van der Waals surface area contributed by atoms with Crippen molar-refractivity contribution in [1.29, 1.82) is 0 Å². The van der Waals surface area contributed by atoms with Crippen LogP contribution >= 0.6 is 0 Å². The van der Waals surface area contributed by atoms with E-state index in [1.54, 1.807) is 18.2 Å². The van der Waals surface area contributed by atoms with Crippen molar-refractivity contribution in [3.63, 3.8) is 0 Å². The Morgan fingerprint density at radius 2 is 1.83 bits per heavy atom. The molecule has 2 N–H and O–H groups in total. The first-order valence-electron chi connectivity index (χ1n) is 7.38. The summed E-state index contributed by atoms with van der Waals surface area (Å²) in [5, 5.41) is 19.1. The van der Waals surface area contributed by atoms with Crippen LogP contribution in [-0.4, -0.2) is 65.0 Å². The molecule has 0 bridgehead atoms. The van der Waals surface area contributed by atoms with Gasteiger partial charge >= 0.3 is 11.9 Å². The van der Waals surface area contributed by atoms with E-state index in [2.05, 4.69) is 0 Å². The quantitative estimate of drug-likeness (QED) is 0.583. The summed E-state index contributed by atoms with van der Waals surface area (Å²) in [6, 6.07) is 7.98. The fraction of sp³-hybridized carbons (Fsp3) is 0.438. The monoisotopic (exact) mass is 337 g/mol. The molecule has 1 aliphatic rings. The van der Waals surface area contributed by atoms with E-state index in [-0.39, 0.29) is 31.7 Å². The molecule has 1 aliphatic heterocycles. The molecular formula is C16H19NO7. The molecule has 2 rings (SSSR count). The number of carboxylic acids is 2. The number of nitrogens with zero attached hydrogens (tertiary/aromatic N) is 1. The molecular weight excluding hydrogens is 318 g/mol. The molecule has 1 amide bonds. The minimum absolute atomic E-state index is 0.0226. The Labute approximate surface area is 138 Å². The first-order valence-corrected chi connectivity index (χ1v) is 7.38. The van der Waals surface area contributed by atoms with E-state index in [1.807, 2.05) is 0 Å². The summed E-state index contributed by atoms with van der Waals surface area (Å²) in [7, 11) is 1.44. The Bertz CT molecular complexity index is 602. The number of hydrogen-bond acceptors (Lipinski definition) is 5. The Hall–Kier alpha value is -2.45. The largest absolute Gasteiger partial charge is 0.479 e. The van der Waals surface area contributed by atoms with Crippen LogP contribution in [0.5, 0.6) is 0 Å². The lowest BCUT2D eigenvalue weighted by atomic mass is 9.84. The van der Waals surface area contributed by atoms with Crippen LogP contribution in [-0.2, 0) is 19.1 Å². The average molecular weight is 337 g/mol. The molecule has 1 aromatic carbocycles. The third kappa shape index (κ3) is 3.24. The lowest BCUT2D eigenvalue weighted by Gasteiger charge is -2.43. The summed E-state index contributed by atoms with van der Waals surface area (Å²) < 4.78 is 10.2. The van der Waals surface area contributed by atoms with Gasteiger partial charge in [-0.1, -0.05) is 18.2 Å². The number of aliphatic carboxylic acids is 2. The van der Waals surface area contributed by atoms with E-state index < -0.39 is 29.5 Å².